The van der Waals surface area contributed by atoms with E-state index in [4.69, 9.17) is 13.9 Å². The lowest BCUT2D eigenvalue weighted by atomic mass is 9.53. The second kappa shape index (κ2) is 10.1. The number of nitrogens with zero attached hydrogens (tertiary/aromatic N) is 5. The molecule has 2 heterocycles. The molecule has 202 valence electrons. The van der Waals surface area contributed by atoms with Crippen LogP contribution in [0.2, 0.25) is 0 Å². The third kappa shape index (κ3) is 5.22. The Morgan fingerprint density at radius 2 is 1.90 bits per heavy atom. The van der Waals surface area contributed by atoms with Crippen LogP contribution in [0.3, 0.4) is 0 Å². The maximum absolute atomic E-state index is 13.7. The minimum Gasteiger partial charge on any atom is -0.420 e. The van der Waals surface area contributed by atoms with Crippen LogP contribution in [-0.2, 0) is 10.2 Å². The molecule has 7 rings (SSSR count). The van der Waals surface area contributed by atoms with Crippen molar-refractivity contribution in [1.29, 1.82) is 0 Å². The normalized spacial score (nSPS) is 24.9. The lowest BCUT2D eigenvalue weighted by Crippen LogP contribution is -2.51. The maximum atomic E-state index is 13.7. The SMILES string of the molecule is BC(=C)CCC(=O)N(CC12CCC(c3noc(C(B)C)n3)(CC1)CC2)c1cccc(-c2nnc(C3CC3)o2)c1. The average Bonchev–Trinajstić information content (AvgIpc) is 3.45. The number of fused-ring (bicyclic) bond motifs is 3. The molecule has 1 atom stereocenters. The van der Waals surface area contributed by atoms with E-state index >= 15 is 0 Å². The Morgan fingerprint density at radius 1 is 1.15 bits per heavy atom. The van der Waals surface area contributed by atoms with Crippen molar-refractivity contribution in [2.75, 3.05) is 11.4 Å². The first kappa shape index (κ1) is 26.1. The van der Waals surface area contributed by atoms with E-state index in [1.165, 1.54) is 0 Å². The van der Waals surface area contributed by atoms with E-state index in [-0.39, 0.29) is 22.6 Å². The zero-order valence-electron chi connectivity index (χ0n) is 23.4. The van der Waals surface area contributed by atoms with Gasteiger partial charge < -0.3 is 13.8 Å². The van der Waals surface area contributed by atoms with Crippen LogP contribution in [0.4, 0.5) is 5.69 Å². The number of carbonyl (C=O) groups is 1. The van der Waals surface area contributed by atoms with Crippen LogP contribution in [0, 0.1) is 5.41 Å². The Morgan fingerprint density at radius 3 is 2.54 bits per heavy atom. The largest absolute Gasteiger partial charge is 0.420 e. The highest BCUT2D eigenvalue weighted by atomic mass is 16.5. The summed E-state index contributed by atoms with van der Waals surface area (Å²) >= 11 is 0. The predicted octanol–water partition coefficient (Wildman–Crippen LogP) is 4.24. The molecule has 2 bridgehead atoms. The van der Waals surface area contributed by atoms with Crippen molar-refractivity contribution < 1.29 is 13.7 Å². The molecule has 10 heteroatoms. The van der Waals surface area contributed by atoms with Crippen LogP contribution < -0.4 is 4.90 Å². The van der Waals surface area contributed by atoms with E-state index < -0.39 is 0 Å². The molecule has 8 nitrogen and oxygen atoms in total. The lowest BCUT2D eigenvalue weighted by molar-refractivity contribution is -0.119. The Bertz CT molecular complexity index is 1350. The van der Waals surface area contributed by atoms with Crippen molar-refractivity contribution >= 4 is 27.3 Å². The predicted molar refractivity (Wildman–Crippen MR) is 154 cm³/mol. The van der Waals surface area contributed by atoms with Crippen molar-refractivity contribution in [2.45, 2.75) is 88.3 Å². The summed E-state index contributed by atoms with van der Waals surface area (Å²) in [5, 5.41) is 13.0. The highest BCUT2D eigenvalue weighted by Crippen LogP contribution is 2.57. The average molecular weight is 525 g/mol. The Kier molecular flexibility index (Phi) is 6.76. The molecule has 4 saturated carbocycles. The molecule has 0 radical (unpaired) electrons. The van der Waals surface area contributed by atoms with Gasteiger partial charge >= 0.3 is 0 Å². The molecule has 2 aromatic heterocycles. The van der Waals surface area contributed by atoms with Gasteiger partial charge in [0.2, 0.25) is 23.6 Å². The van der Waals surface area contributed by atoms with Gasteiger partial charge in [-0.15, -0.1) is 22.2 Å². The van der Waals surface area contributed by atoms with Gasteiger partial charge in [0.15, 0.2) is 5.82 Å². The third-order valence-corrected chi connectivity index (χ3v) is 9.14. The highest BCUT2D eigenvalue weighted by molar-refractivity contribution is 6.21. The molecule has 4 aliphatic carbocycles. The number of benzene rings is 1. The van der Waals surface area contributed by atoms with E-state index in [2.05, 4.69) is 36.7 Å². The van der Waals surface area contributed by atoms with E-state index in [1.54, 1.807) is 0 Å². The van der Waals surface area contributed by atoms with E-state index in [0.717, 1.165) is 85.7 Å². The number of allylic oxidation sites excluding steroid dienone is 1. The summed E-state index contributed by atoms with van der Waals surface area (Å²) in [4.78, 5) is 20.5. The monoisotopic (exact) mass is 525 g/mol. The number of rotatable bonds is 10. The van der Waals surface area contributed by atoms with Gasteiger partial charge in [-0.05, 0) is 81.4 Å². The van der Waals surface area contributed by atoms with Gasteiger partial charge in [0.25, 0.3) is 0 Å². The van der Waals surface area contributed by atoms with Gasteiger partial charge in [-0.25, -0.2) is 0 Å². The molecule has 4 aliphatic rings. The molecule has 1 aromatic carbocycles. The molecule has 1 unspecified atom stereocenters. The molecule has 0 N–H and O–H groups in total. The zero-order valence-corrected chi connectivity index (χ0v) is 23.4. The van der Waals surface area contributed by atoms with Crippen LogP contribution in [0.25, 0.3) is 11.5 Å². The minimum absolute atomic E-state index is 0.00428. The molecule has 0 spiro atoms. The number of hydrogen-bond acceptors (Lipinski definition) is 7. The van der Waals surface area contributed by atoms with Crippen LogP contribution in [-0.4, -0.2) is 48.5 Å². The van der Waals surface area contributed by atoms with Crippen LogP contribution in [0.5, 0.6) is 0 Å². The second-order valence-corrected chi connectivity index (χ2v) is 12.6. The molecule has 4 fully saturated rings. The minimum atomic E-state index is 0.00428. The van der Waals surface area contributed by atoms with Gasteiger partial charge in [0.05, 0.1) is 0 Å². The van der Waals surface area contributed by atoms with Crippen LogP contribution in [0.1, 0.15) is 100 Å². The Balaban J connectivity index is 1.23. The van der Waals surface area contributed by atoms with Gasteiger partial charge in [-0.2, -0.15) is 4.98 Å². The lowest BCUT2D eigenvalue weighted by Gasteiger charge is -2.53. The van der Waals surface area contributed by atoms with Crippen LogP contribution >= 0.6 is 0 Å². The molecular weight excluding hydrogens is 488 g/mol. The first-order valence-electron chi connectivity index (χ1n) is 14.5. The maximum Gasteiger partial charge on any atom is 0.247 e. The summed E-state index contributed by atoms with van der Waals surface area (Å²) in [6, 6.07) is 8.02. The van der Waals surface area contributed by atoms with Gasteiger partial charge in [-0.3, -0.25) is 4.79 Å². The number of amides is 1. The molecule has 0 saturated heterocycles. The summed E-state index contributed by atoms with van der Waals surface area (Å²) in [7, 11) is 4.06. The second-order valence-electron chi connectivity index (χ2n) is 12.6. The van der Waals surface area contributed by atoms with Crippen molar-refractivity contribution in [3.63, 3.8) is 0 Å². The first-order chi connectivity index (χ1) is 18.8. The van der Waals surface area contributed by atoms with E-state index in [1.807, 2.05) is 37.0 Å². The Labute approximate surface area is 231 Å². The summed E-state index contributed by atoms with van der Waals surface area (Å²) in [5.41, 5.74) is 2.86. The zero-order chi connectivity index (χ0) is 27.2. The van der Waals surface area contributed by atoms with Crippen molar-refractivity contribution in [1.82, 2.24) is 20.3 Å². The van der Waals surface area contributed by atoms with E-state index in [0.29, 0.717) is 31.2 Å². The summed E-state index contributed by atoms with van der Waals surface area (Å²) in [6.07, 6.45) is 9.62. The fourth-order valence-electron chi connectivity index (χ4n) is 6.29. The quantitative estimate of drug-likeness (QED) is 0.365. The molecule has 0 aliphatic heterocycles. The third-order valence-electron chi connectivity index (χ3n) is 9.14. The first-order valence-corrected chi connectivity index (χ1v) is 14.5. The van der Waals surface area contributed by atoms with E-state index in [9.17, 15) is 4.79 Å². The Hall–Kier alpha value is -3.16. The number of aromatic nitrogens is 4. The number of hydrogen-bond donors (Lipinski definition) is 0. The summed E-state index contributed by atoms with van der Waals surface area (Å²) in [6.45, 7) is 6.81. The van der Waals surface area contributed by atoms with Crippen molar-refractivity contribution in [3.8, 4) is 11.5 Å². The summed E-state index contributed by atoms with van der Waals surface area (Å²) < 4.78 is 11.6. The van der Waals surface area contributed by atoms with Crippen molar-refractivity contribution in [3.05, 3.63) is 53.9 Å². The smallest absolute Gasteiger partial charge is 0.247 e. The number of anilines is 1. The van der Waals surface area contributed by atoms with Gasteiger partial charge in [-0.1, -0.05) is 18.1 Å². The van der Waals surface area contributed by atoms with Crippen molar-refractivity contribution in [2.24, 2.45) is 5.41 Å². The standard InChI is InChI=1S/C29H37B2N5O3/c1-18(30)6-9-23(37)36(22-5-3-4-21(16-22)26-34-33-25(38-26)20-7-8-20)17-28-10-13-29(14-11-28,15-12-28)27-32-24(19(2)31)39-35-27/h3-5,16,19-20H,1,6-15,17,30-31H2,2H3. The fraction of sp³-hybridized carbons (Fsp3) is 0.552. The number of carbonyl (C=O) groups excluding carboxylic acids is 1. The highest BCUT2D eigenvalue weighted by Gasteiger charge is 2.52. The molecular formula is C29H37B2N5O3. The topological polar surface area (TPSA) is 98.2 Å². The van der Waals surface area contributed by atoms with Crippen LogP contribution in [0.15, 0.2) is 45.3 Å². The molecule has 3 aromatic rings. The summed E-state index contributed by atoms with van der Waals surface area (Å²) in [5.74, 6) is 3.62. The van der Waals surface area contributed by atoms with Gasteiger partial charge in [0.1, 0.15) is 15.7 Å². The fourth-order valence-corrected chi connectivity index (χ4v) is 6.29. The molecule has 39 heavy (non-hydrogen) atoms. The van der Waals surface area contributed by atoms with Gasteiger partial charge in [0, 0.05) is 41.4 Å². The molecule has 1 amide bonds.